The van der Waals surface area contributed by atoms with Crippen LogP contribution in [0.15, 0.2) is 30.6 Å². The number of ether oxygens (including phenoxy) is 1. The Morgan fingerprint density at radius 3 is 2.56 bits per heavy atom. The molecule has 0 radical (unpaired) electrons. The van der Waals surface area contributed by atoms with Crippen LogP contribution in [0.4, 0.5) is 0 Å². The smallest absolute Gasteiger partial charge is 0.135 e. The van der Waals surface area contributed by atoms with Crippen LogP contribution in [0, 0.1) is 6.92 Å². The number of rotatable bonds is 3. The Morgan fingerprint density at radius 2 is 1.89 bits per heavy atom. The van der Waals surface area contributed by atoms with E-state index in [1.165, 1.54) is 19.2 Å². The fourth-order valence-electron chi connectivity index (χ4n) is 1.79. The molecule has 1 heterocycles. The summed E-state index contributed by atoms with van der Waals surface area (Å²) in [6.45, 7) is 1.92. The summed E-state index contributed by atoms with van der Waals surface area (Å²) in [4.78, 5) is 8.24. The van der Waals surface area contributed by atoms with Crippen molar-refractivity contribution in [3.05, 3.63) is 41.3 Å². The highest BCUT2D eigenvalue weighted by Crippen LogP contribution is 2.29. The molecule has 1 saturated carbocycles. The predicted octanol–water partition coefficient (Wildman–Crippen LogP) is 3.65. The third kappa shape index (κ3) is 2.31. The zero-order valence-corrected chi connectivity index (χ0v) is 10.8. The van der Waals surface area contributed by atoms with E-state index < -0.39 is 0 Å². The Kier molecular flexibility index (Phi) is 2.92. The van der Waals surface area contributed by atoms with E-state index in [2.05, 4.69) is 9.97 Å². The van der Waals surface area contributed by atoms with Crippen LogP contribution in [-0.4, -0.2) is 16.1 Å². The maximum Gasteiger partial charge on any atom is 0.135 e. The van der Waals surface area contributed by atoms with E-state index in [1.807, 2.05) is 31.2 Å². The van der Waals surface area contributed by atoms with Crippen molar-refractivity contribution in [2.45, 2.75) is 25.9 Å². The van der Waals surface area contributed by atoms with Gasteiger partial charge < -0.3 is 4.74 Å². The molecule has 0 bridgehead atoms. The fourth-order valence-corrected chi connectivity index (χ4v) is 1.92. The molecule has 2 aromatic rings. The summed E-state index contributed by atoms with van der Waals surface area (Å²) in [6, 6.07) is 7.96. The molecule has 92 valence electrons. The number of benzene rings is 1. The molecule has 1 aliphatic carbocycles. The van der Waals surface area contributed by atoms with Gasteiger partial charge in [0.15, 0.2) is 0 Å². The predicted molar refractivity (Wildman–Crippen MR) is 70.9 cm³/mol. The van der Waals surface area contributed by atoms with E-state index in [1.54, 1.807) is 0 Å². The van der Waals surface area contributed by atoms with Gasteiger partial charge in [-0.25, -0.2) is 9.97 Å². The van der Waals surface area contributed by atoms with Crippen molar-refractivity contribution in [1.82, 2.24) is 9.97 Å². The molecule has 0 atom stereocenters. The van der Waals surface area contributed by atoms with Gasteiger partial charge in [0, 0.05) is 11.1 Å². The van der Waals surface area contributed by atoms with Gasteiger partial charge in [-0.3, -0.25) is 0 Å². The molecule has 1 aliphatic rings. The molecular weight excluding hydrogens is 248 g/mol. The molecule has 4 heteroatoms. The second-order valence-corrected chi connectivity index (χ2v) is 4.84. The van der Waals surface area contributed by atoms with E-state index in [-0.39, 0.29) is 0 Å². The van der Waals surface area contributed by atoms with Gasteiger partial charge in [0.25, 0.3) is 0 Å². The van der Waals surface area contributed by atoms with Gasteiger partial charge in [-0.1, -0.05) is 11.6 Å². The van der Waals surface area contributed by atoms with Gasteiger partial charge in [-0.05, 0) is 44.0 Å². The van der Waals surface area contributed by atoms with E-state index >= 15 is 0 Å². The lowest BCUT2D eigenvalue weighted by Gasteiger charge is -2.07. The lowest BCUT2D eigenvalue weighted by molar-refractivity contribution is 0.303. The fraction of sp³-hybridized carbons (Fsp3) is 0.286. The number of hydrogen-bond donors (Lipinski definition) is 0. The van der Waals surface area contributed by atoms with Crippen molar-refractivity contribution >= 4 is 11.6 Å². The molecule has 3 rings (SSSR count). The summed E-state index contributed by atoms with van der Waals surface area (Å²) in [5.41, 5.74) is 2.79. The van der Waals surface area contributed by atoms with E-state index in [4.69, 9.17) is 16.3 Å². The van der Waals surface area contributed by atoms with Crippen molar-refractivity contribution in [1.29, 1.82) is 0 Å². The van der Waals surface area contributed by atoms with Crippen molar-refractivity contribution in [2.24, 2.45) is 0 Å². The lowest BCUT2D eigenvalue weighted by atomic mass is 10.1. The maximum absolute atomic E-state index is 6.00. The molecule has 1 aromatic heterocycles. The van der Waals surface area contributed by atoms with Crippen molar-refractivity contribution in [3.8, 4) is 17.0 Å². The number of nitrogens with zero attached hydrogens (tertiary/aromatic N) is 2. The number of aromatic nitrogens is 2. The van der Waals surface area contributed by atoms with Crippen LogP contribution in [0.25, 0.3) is 11.3 Å². The number of halogens is 1. The normalized spacial score (nSPS) is 14.6. The topological polar surface area (TPSA) is 35.0 Å². The molecule has 0 saturated heterocycles. The molecule has 0 aliphatic heterocycles. The molecule has 1 aromatic carbocycles. The second kappa shape index (κ2) is 4.58. The van der Waals surface area contributed by atoms with Gasteiger partial charge in [0.2, 0.25) is 0 Å². The molecule has 1 fully saturated rings. The quantitative estimate of drug-likeness (QED) is 0.790. The lowest BCUT2D eigenvalue weighted by Crippen LogP contribution is -1.96. The molecule has 18 heavy (non-hydrogen) atoms. The van der Waals surface area contributed by atoms with Crippen molar-refractivity contribution in [2.75, 3.05) is 0 Å². The summed E-state index contributed by atoms with van der Waals surface area (Å²) < 4.78 is 5.71. The van der Waals surface area contributed by atoms with E-state index in [0.717, 1.165) is 22.6 Å². The first-order valence-corrected chi connectivity index (χ1v) is 6.36. The summed E-state index contributed by atoms with van der Waals surface area (Å²) in [5, 5.41) is 0.498. The Hall–Kier alpha value is -1.61. The minimum absolute atomic E-state index is 0.422. The van der Waals surface area contributed by atoms with Gasteiger partial charge in [-0.2, -0.15) is 0 Å². The Balaban J connectivity index is 1.89. The monoisotopic (exact) mass is 260 g/mol. The van der Waals surface area contributed by atoms with Crippen LogP contribution in [0.3, 0.4) is 0 Å². The van der Waals surface area contributed by atoms with Crippen LogP contribution in [0.2, 0.25) is 5.15 Å². The first kappa shape index (κ1) is 11.5. The van der Waals surface area contributed by atoms with Crippen LogP contribution in [-0.2, 0) is 0 Å². The highest BCUT2D eigenvalue weighted by molar-refractivity contribution is 6.30. The van der Waals surface area contributed by atoms with Crippen LogP contribution in [0.1, 0.15) is 18.4 Å². The average Bonchev–Trinajstić information content (AvgIpc) is 3.18. The second-order valence-electron chi connectivity index (χ2n) is 4.48. The minimum atomic E-state index is 0.422. The zero-order chi connectivity index (χ0) is 12.5. The largest absolute Gasteiger partial charge is 0.490 e. The van der Waals surface area contributed by atoms with Gasteiger partial charge in [0.1, 0.15) is 17.2 Å². The summed E-state index contributed by atoms with van der Waals surface area (Å²) in [5.74, 6) is 0.916. The van der Waals surface area contributed by atoms with Gasteiger partial charge >= 0.3 is 0 Å². The molecular formula is C14H13ClN2O. The summed E-state index contributed by atoms with van der Waals surface area (Å²) >= 11 is 6.00. The highest BCUT2D eigenvalue weighted by Gasteiger charge is 2.23. The molecule has 3 nitrogen and oxygen atoms in total. The third-order valence-corrected chi connectivity index (χ3v) is 3.36. The molecule has 0 amide bonds. The Morgan fingerprint density at radius 1 is 1.17 bits per heavy atom. The Labute approximate surface area is 111 Å². The zero-order valence-electron chi connectivity index (χ0n) is 10.1. The first-order valence-electron chi connectivity index (χ1n) is 5.98. The van der Waals surface area contributed by atoms with Crippen LogP contribution >= 0.6 is 11.6 Å². The standard InChI is InChI=1S/C14H13ClN2O/c1-9-13(16-8-17-14(9)15)10-2-4-11(5-3-10)18-12-6-7-12/h2-5,8,12H,6-7H2,1H3. The molecule has 0 unspecified atom stereocenters. The maximum atomic E-state index is 6.00. The average molecular weight is 261 g/mol. The van der Waals surface area contributed by atoms with Gasteiger partial charge in [-0.15, -0.1) is 0 Å². The SMILES string of the molecule is Cc1c(Cl)ncnc1-c1ccc(OC2CC2)cc1. The van der Waals surface area contributed by atoms with Gasteiger partial charge in [0.05, 0.1) is 11.8 Å². The van der Waals surface area contributed by atoms with E-state index in [0.29, 0.717) is 11.3 Å². The Bertz CT molecular complexity index is 565. The molecule has 0 N–H and O–H groups in total. The van der Waals surface area contributed by atoms with Crippen LogP contribution < -0.4 is 4.74 Å². The highest BCUT2D eigenvalue weighted by atomic mass is 35.5. The summed E-state index contributed by atoms with van der Waals surface area (Å²) in [6.07, 6.45) is 4.25. The first-order chi connectivity index (χ1) is 8.74. The minimum Gasteiger partial charge on any atom is -0.490 e. The third-order valence-electron chi connectivity index (χ3n) is 2.98. The van der Waals surface area contributed by atoms with E-state index in [9.17, 15) is 0 Å². The van der Waals surface area contributed by atoms with Crippen molar-refractivity contribution < 1.29 is 4.74 Å². The summed E-state index contributed by atoms with van der Waals surface area (Å²) in [7, 11) is 0. The number of hydrogen-bond acceptors (Lipinski definition) is 3. The van der Waals surface area contributed by atoms with Crippen LogP contribution in [0.5, 0.6) is 5.75 Å². The van der Waals surface area contributed by atoms with Crippen molar-refractivity contribution in [3.63, 3.8) is 0 Å². The molecule has 0 spiro atoms.